The third kappa shape index (κ3) is 2.35. The van der Waals surface area contributed by atoms with Crippen LogP contribution in [0.15, 0.2) is 18.2 Å². The van der Waals surface area contributed by atoms with Crippen molar-refractivity contribution in [1.29, 1.82) is 0 Å². The molecule has 1 heterocycles. The van der Waals surface area contributed by atoms with Crippen LogP contribution in [0.25, 0.3) is 0 Å². The molecule has 0 saturated carbocycles. The van der Waals surface area contributed by atoms with E-state index in [1.54, 1.807) is 38.3 Å². The van der Waals surface area contributed by atoms with Gasteiger partial charge in [-0.3, -0.25) is 4.90 Å². The van der Waals surface area contributed by atoms with Gasteiger partial charge in [0.2, 0.25) is 0 Å². The molecule has 20 heavy (non-hydrogen) atoms. The Hall–Kier alpha value is -1.34. The third-order valence-corrected chi connectivity index (χ3v) is 3.97. The SMILES string of the molecule is COc1ccc([C@H]2[C@H](O)[C@@H](O)[C@H](CO)N2C)cc1OC. The van der Waals surface area contributed by atoms with E-state index in [1.165, 1.54) is 0 Å². The summed E-state index contributed by atoms with van der Waals surface area (Å²) in [6, 6.07) is 4.46. The molecule has 0 spiro atoms. The summed E-state index contributed by atoms with van der Waals surface area (Å²) in [7, 11) is 4.86. The summed E-state index contributed by atoms with van der Waals surface area (Å²) in [4.78, 5) is 1.77. The highest BCUT2D eigenvalue weighted by Gasteiger charge is 2.46. The second kappa shape index (κ2) is 5.97. The van der Waals surface area contributed by atoms with E-state index in [0.29, 0.717) is 11.5 Å². The zero-order valence-corrected chi connectivity index (χ0v) is 11.9. The van der Waals surface area contributed by atoms with Crippen LogP contribution in [0.5, 0.6) is 11.5 Å². The van der Waals surface area contributed by atoms with E-state index in [0.717, 1.165) is 5.56 Å². The Kier molecular flexibility index (Phi) is 4.49. The quantitative estimate of drug-likeness (QED) is 0.708. The second-order valence-corrected chi connectivity index (χ2v) is 4.96. The van der Waals surface area contributed by atoms with Crippen molar-refractivity contribution in [3.05, 3.63) is 23.8 Å². The molecule has 0 radical (unpaired) electrons. The first-order valence-corrected chi connectivity index (χ1v) is 6.46. The van der Waals surface area contributed by atoms with Gasteiger partial charge in [-0.05, 0) is 24.7 Å². The van der Waals surface area contributed by atoms with Crippen LogP contribution in [-0.2, 0) is 0 Å². The number of hydrogen-bond donors (Lipinski definition) is 3. The standard InChI is InChI=1S/C14H21NO5/c1-15-9(7-16)13(17)14(18)12(15)8-4-5-10(19-2)11(6-8)20-3/h4-6,9,12-14,16-18H,7H2,1-3H3/t9-,12-,13-,14-/m0/s1. The number of rotatable bonds is 4. The molecular formula is C14H21NO5. The molecule has 0 aromatic heterocycles. The van der Waals surface area contributed by atoms with Gasteiger partial charge < -0.3 is 24.8 Å². The Morgan fingerprint density at radius 1 is 1.10 bits per heavy atom. The van der Waals surface area contributed by atoms with Crippen LogP contribution in [0.3, 0.4) is 0 Å². The van der Waals surface area contributed by atoms with Crippen LogP contribution in [0.4, 0.5) is 0 Å². The van der Waals surface area contributed by atoms with Crippen molar-refractivity contribution in [3.63, 3.8) is 0 Å². The van der Waals surface area contributed by atoms with Crippen molar-refractivity contribution in [3.8, 4) is 11.5 Å². The van der Waals surface area contributed by atoms with Crippen LogP contribution in [0, 0.1) is 0 Å². The number of hydrogen-bond acceptors (Lipinski definition) is 6. The summed E-state index contributed by atoms with van der Waals surface area (Å²) in [6.07, 6.45) is -1.95. The van der Waals surface area contributed by atoms with Crippen LogP contribution in [0.1, 0.15) is 11.6 Å². The molecular weight excluding hydrogens is 262 g/mol. The van der Waals surface area contributed by atoms with Crippen LogP contribution < -0.4 is 9.47 Å². The lowest BCUT2D eigenvalue weighted by Crippen LogP contribution is -2.37. The fourth-order valence-corrected chi connectivity index (χ4v) is 2.81. The molecule has 2 rings (SSSR count). The normalized spacial score (nSPS) is 30.5. The Morgan fingerprint density at radius 2 is 1.75 bits per heavy atom. The fourth-order valence-electron chi connectivity index (χ4n) is 2.81. The van der Waals surface area contributed by atoms with Crippen LogP contribution >= 0.6 is 0 Å². The Labute approximate surface area is 118 Å². The average Bonchev–Trinajstić information content (AvgIpc) is 2.68. The maximum atomic E-state index is 10.2. The van der Waals surface area contributed by atoms with Gasteiger partial charge in [0.25, 0.3) is 0 Å². The number of benzene rings is 1. The minimum absolute atomic E-state index is 0.210. The van der Waals surface area contributed by atoms with Crippen molar-refractivity contribution >= 4 is 0 Å². The van der Waals surface area contributed by atoms with Crippen LogP contribution in [-0.4, -0.2) is 66.3 Å². The van der Waals surface area contributed by atoms with Gasteiger partial charge in [0.05, 0.1) is 39.0 Å². The number of ether oxygens (including phenoxy) is 2. The Morgan fingerprint density at radius 3 is 2.25 bits per heavy atom. The monoisotopic (exact) mass is 283 g/mol. The summed E-state index contributed by atoms with van der Waals surface area (Å²) in [5.41, 5.74) is 0.799. The molecule has 0 unspecified atom stereocenters. The Bertz CT molecular complexity index is 467. The molecule has 6 nitrogen and oxygen atoms in total. The lowest BCUT2D eigenvalue weighted by Gasteiger charge is -2.25. The number of aliphatic hydroxyl groups is 3. The first kappa shape index (κ1) is 15.1. The summed E-state index contributed by atoms with van der Waals surface area (Å²) < 4.78 is 10.4. The van der Waals surface area contributed by atoms with E-state index in [-0.39, 0.29) is 6.61 Å². The van der Waals surface area contributed by atoms with Crippen molar-refractivity contribution in [2.24, 2.45) is 0 Å². The Balaban J connectivity index is 2.36. The summed E-state index contributed by atoms with van der Waals surface area (Å²) in [6.45, 7) is -0.210. The minimum Gasteiger partial charge on any atom is -0.493 e. The number of likely N-dealkylation sites (tertiary alicyclic amines) is 1. The topological polar surface area (TPSA) is 82.4 Å². The summed E-state index contributed by atoms with van der Waals surface area (Å²) in [5.74, 6) is 1.16. The molecule has 1 aromatic carbocycles. The fraction of sp³-hybridized carbons (Fsp3) is 0.571. The molecule has 1 aliphatic rings. The van der Waals surface area contributed by atoms with E-state index in [9.17, 15) is 15.3 Å². The predicted octanol–water partition coefficient (Wildman–Crippen LogP) is -0.227. The first-order valence-electron chi connectivity index (χ1n) is 6.46. The first-order chi connectivity index (χ1) is 9.54. The number of methoxy groups -OCH3 is 2. The van der Waals surface area contributed by atoms with E-state index >= 15 is 0 Å². The summed E-state index contributed by atoms with van der Waals surface area (Å²) in [5, 5.41) is 29.5. The highest BCUT2D eigenvalue weighted by Crippen LogP contribution is 2.38. The van der Waals surface area contributed by atoms with Crippen molar-refractivity contribution in [2.45, 2.75) is 24.3 Å². The molecule has 1 aromatic rings. The van der Waals surface area contributed by atoms with Gasteiger partial charge in [-0.2, -0.15) is 0 Å². The molecule has 6 heteroatoms. The van der Waals surface area contributed by atoms with E-state index < -0.39 is 24.3 Å². The molecule has 112 valence electrons. The van der Waals surface area contributed by atoms with Gasteiger partial charge in [0.15, 0.2) is 11.5 Å². The number of nitrogens with zero attached hydrogens (tertiary/aromatic N) is 1. The largest absolute Gasteiger partial charge is 0.493 e. The lowest BCUT2D eigenvalue weighted by atomic mass is 10.0. The van der Waals surface area contributed by atoms with Gasteiger partial charge in [0.1, 0.15) is 6.10 Å². The molecule has 1 fully saturated rings. The molecule has 4 atom stereocenters. The smallest absolute Gasteiger partial charge is 0.161 e. The molecule has 0 aliphatic carbocycles. The van der Waals surface area contributed by atoms with Gasteiger partial charge >= 0.3 is 0 Å². The third-order valence-electron chi connectivity index (χ3n) is 3.97. The highest BCUT2D eigenvalue weighted by molar-refractivity contribution is 5.44. The van der Waals surface area contributed by atoms with Crippen molar-refractivity contribution in [2.75, 3.05) is 27.9 Å². The second-order valence-electron chi connectivity index (χ2n) is 4.96. The number of likely N-dealkylation sites (N-methyl/N-ethyl adjacent to an activating group) is 1. The highest BCUT2D eigenvalue weighted by atomic mass is 16.5. The van der Waals surface area contributed by atoms with Crippen molar-refractivity contribution in [1.82, 2.24) is 4.90 Å². The maximum Gasteiger partial charge on any atom is 0.161 e. The number of aliphatic hydroxyl groups excluding tert-OH is 3. The predicted molar refractivity (Wildman–Crippen MR) is 72.9 cm³/mol. The molecule has 1 aliphatic heterocycles. The zero-order chi connectivity index (χ0) is 14.9. The molecule has 0 amide bonds. The van der Waals surface area contributed by atoms with E-state index in [1.807, 2.05) is 6.07 Å². The van der Waals surface area contributed by atoms with Gasteiger partial charge in [-0.15, -0.1) is 0 Å². The van der Waals surface area contributed by atoms with Crippen LogP contribution in [0.2, 0.25) is 0 Å². The lowest BCUT2D eigenvalue weighted by molar-refractivity contribution is 0.0184. The molecule has 3 N–H and O–H groups in total. The minimum atomic E-state index is -0.983. The van der Waals surface area contributed by atoms with Gasteiger partial charge in [0, 0.05) is 0 Å². The molecule has 1 saturated heterocycles. The average molecular weight is 283 g/mol. The zero-order valence-electron chi connectivity index (χ0n) is 11.9. The van der Waals surface area contributed by atoms with E-state index in [4.69, 9.17) is 9.47 Å². The summed E-state index contributed by atoms with van der Waals surface area (Å²) >= 11 is 0. The molecule has 0 bridgehead atoms. The van der Waals surface area contributed by atoms with E-state index in [2.05, 4.69) is 0 Å². The maximum absolute atomic E-state index is 10.2. The van der Waals surface area contributed by atoms with Crippen molar-refractivity contribution < 1.29 is 24.8 Å². The van der Waals surface area contributed by atoms with Gasteiger partial charge in [-0.25, -0.2) is 0 Å². The van der Waals surface area contributed by atoms with Gasteiger partial charge in [-0.1, -0.05) is 6.07 Å².